The van der Waals surface area contributed by atoms with Crippen molar-refractivity contribution in [2.24, 2.45) is 0 Å². The van der Waals surface area contributed by atoms with Gasteiger partial charge >= 0.3 is 0 Å². The molecule has 4 rings (SSSR count). The van der Waals surface area contributed by atoms with E-state index in [1.54, 1.807) is 0 Å². The van der Waals surface area contributed by atoms with E-state index in [-0.39, 0.29) is 11.9 Å². The molecule has 2 heterocycles. The van der Waals surface area contributed by atoms with Gasteiger partial charge in [0.25, 0.3) is 0 Å². The second kappa shape index (κ2) is 8.68. The van der Waals surface area contributed by atoms with Gasteiger partial charge in [0, 0.05) is 31.7 Å². The molecule has 2 aliphatic heterocycles. The Morgan fingerprint density at radius 2 is 1.67 bits per heavy atom. The Kier molecular flexibility index (Phi) is 5.85. The molecule has 4 nitrogen and oxygen atoms in total. The van der Waals surface area contributed by atoms with Crippen molar-refractivity contribution in [3.05, 3.63) is 71.8 Å². The molecule has 0 unspecified atom stereocenters. The molecule has 142 valence electrons. The van der Waals surface area contributed by atoms with Crippen LogP contribution in [0.5, 0.6) is 0 Å². The summed E-state index contributed by atoms with van der Waals surface area (Å²) in [7, 11) is 0. The molecule has 1 amide bonds. The first-order valence-corrected chi connectivity index (χ1v) is 10.1. The lowest BCUT2D eigenvalue weighted by Crippen LogP contribution is -2.57. The van der Waals surface area contributed by atoms with Crippen molar-refractivity contribution < 1.29 is 4.79 Å². The van der Waals surface area contributed by atoms with E-state index >= 15 is 0 Å². The molecular weight excluding hydrogens is 334 g/mol. The quantitative estimate of drug-likeness (QED) is 0.857. The number of likely N-dealkylation sites (tertiary alicyclic amines) is 1. The Balaban J connectivity index is 1.35. The largest absolute Gasteiger partial charge is 0.351 e. The van der Waals surface area contributed by atoms with Gasteiger partial charge < -0.3 is 5.32 Å². The fourth-order valence-electron chi connectivity index (χ4n) is 4.48. The van der Waals surface area contributed by atoms with Gasteiger partial charge in [0.2, 0.25) is 5.91 Å². The lowest BCUT2D eigenvalue weighted by Gasteiger charge is -2.36. The van der Waals surface area contributed by atoms with E-state index in [9.17, 15) is 4.79 Å². The predicted octanol–water partition coefficient (Wildman–Crippen LogP) is 2.69. The third-order valence-electron chi connectivity index (χ3n) is 5.73. The highest BCUT2D eigenvalue weighted by Crippen LogP contribution is 2.22. The van der Waals surface area contributed by atoms with Crippen molar-refractivity contribution in [2.45, 2.75) is 37.9 Å². The Morgan fingerprint density at radius 3 is 2.41 bits per heavy atom. The minimum atomic E-state index is 0.162. The van der Waals surface area contributed by atoms with Crippen LogP contribution >= 0.6 is 0 Å². The van der Waals surface area contributed by atoms with Crippen LogP contribution in [0.4, 0.5) is 0 Å². The molecule has 2 aliphatic rings. The lowest BCUT2D eigenvalue weighted by molar-refractivity contribution is -0.125. The van der Waals surface area contributed by atoms with Crippen LogP contribution in [-0.2, 0) is 17.8 Å². The van der Waals surface area contributed by atoms with E-state index in [2.05, 4.69) is 69.7 Å². The first-order chi connectivity index (χ1) is 13.3. The number of rotatable bonds is 6. The van der Waals surface area contributed by atoms with Crippen molar-refractivity contribution in [3.8, 4) is 0 Å². The summed E-state index contributed by atoms with van der Waals surface area (Å²) < 4.78 is 0. The number of hydrogen-bond donors (Lipinski definition) is 1. The van der Waals surface area contributed by atoms with E-state index in [4.69, 9.17) is 0 Å². The standard InChI is InChI=1S/C23H29N3O/c27-23-18-25(16-21(24-23)14-19-8-3-1-4-9-19)17-22-12-7-13-26(22)15-20-10-5-2-6-11-20/h1-6,8-11,21-22H,7,12-18H2,(H,24,27)/t21-,22+/m0/s1. The smallest absolute Gasteiger partial charge is 0.234 e. The van der Waals surface area contributed by atoms with E-state index in [1.807, 2.05) is 6.07 Å². The van der Waals surface area contributed by atoms with E-state index in [0.717, 1.165) is 32.6 Å². The highest BCUT2D eigenvalue weighted by atomic mass is 16.2. The Morgan fingerprint density at radius 1 is 0.963 bits per heavy atom. The van der Waals surface area contributed by atoms with Crippen LogP contribution in [0, 0.1) is 0 Å². The maximum absolute atomic E-state index is 12.3. The average molecular weight is 364 g/mol. The molecular formula is C23H29N3O. The van der Waals surface area contributed by atoms with Crippen LogP contribution in [0.25, 0.3) is 0 Å². The minimum Gasteiger partial charge on any atom is -0.351 e. The molecule has 1 N–H and O–H groups in total. The molecule has 2 fully saturated rings. The summed E-state index contributed by atoms with van der Waals surface area (Å²) in [4.78, 5) is 17.2. The summed E-state index contributed by atoms with van der Waals surface area (Å²) >= 11 is 0. The van der Waals surface area contributed by atoms with Gasteiger partial charge in [-0.05, 0) is 36.9 Å². The molecule has 0 saturated carbocycles. The van der Waals surface area contributed by atoms with Gasteiger partial charge in [-0.15, -0.1) is 0 Å². The van der Waals surface area contributed by atoms with Crippen LogP contribution in [0.1, 0.15) is 24.0 Å². The highest BCUT2D eigenvalue weighted by molar-refractivity contribution is 5.79. The zero-order valence-electron chi connectivity index (χ0n) is 15.9. The van der Waals surface area contributed by atoms with Gasteiger partial charge in [-0.3, -0.25) is 14.6 Å². The molecule has 0 bridgehead atoms. The molecule has 4 heteroatoms. The average Bonchev–Trinajstić information content (AvgIpc) is 3.09. The molecule has 0 aliphatic carbocycles. The first-order valence-electron chi connectivity index (χ1n) is 10.1. The zero-order chi connectivity index (χ0) is 18.5. The van der Waals surface area contributed by atoms with Crippen molar-refractivity contribution in [1.82, 2.24) is 15.1 Å². The number of benzene rings is 2. The molecule has 0 radical (unpaired) electrons. The minimum absolute atomic E-state index is 0.162. The zero-order valence-corrected chi connectivity index (χ0v) is 15.9. The van der Waals surface area contributed by atoms with E-state index in [0.29, 0.717) is 12.6 Å². The predicted molar refractivity (Wildman–Crippen MR) is 108 cm³/mol. The van der Waals surface area contributed by atoms with Crippen LogP contribution < -0.4 is 5.32 Å². The van der Waals surface area contributed by atoms with Gasteiger partial charge in [-0.2, -0.15) is 0 Å². The van der Waals surface area contributed by atoms with Crippen LogP contribution in [0.15, 0.2) is 60.7 Å². The van der Waals surface area contributed by atoms with E-state index < -0.39 is 0 Å². The van der Waals surface area contributed by atoms with E-state index in [1.165, 1.54) is 24.0 Å². The topological polar surface area (TPSA) is 35.6 Å². The lowest BCUT2D eigenvalue weighted by atomic mass is 10.0. The van der Waals surface area contributed by atoms with Gasteiger partial charge in [-0.1, -0.05) is 60.7 Å². The molecule has 2 aromatic carbocycles. The van der Waals surface area contributed by atoms with Crippen LogP contribution in [0.3, 0.4) is 0 Å². The summed E-state index contributed by atoms with van der Waals surface area (Å²) in [5.74, 6) is 0.162. The number of carbonyl (C=O) groups excluding carboxylic acids is 1. The third-order valence-corrected chi connectivity index (χ3v) is 5.73. The number of hydrogen-bond acceptors (Lipinski definition) is 3. The van der Waals surface area contributed by atoms with Gasteiger partial charge in [0.05, 0.1) is 6.54 Å². The van der Waals surface area contributed by atoms with Crippen LogP contribution in [0.2, 0.25) is 0 Å². The van der Waals surface area contributed by atoms with Crippen molar-refractivity contribution >= 4 is 5.91 Å². The Bertz CT molecular complexity index is 734. The van der Waals surface area contributed by atoms with Crippen molar-refractivity contribution in [1.29, 1.82) is 0 Å². The maximum Gasteiger partial charge on any atom is 0.234 e. The summed E-state index contributed by atoms with van der Waals surface area (Å²) in [6, 6.07) is 21.9. The summed E-state index contributed by atoms with van der Waals surface area (Å²) in [6.07, 6.45) is 3.39. The van der Waals surface area contributed by atoms with Crippen molar-refractivity contribution in [3.63, 3.8) is 0 Å². The fourth-order valence-corrected chi connectivity index (χ4v) is 4.48. The summed E-state index contributed by atoms with van der Waals surface area (Å²) in [5.41, 5.74) is 2.67. The van der Waals surface area contributed by atoms with Crippen molar-refractivity contribution in [2.75, 3.05) is 26.2 Å². The molecule has 0 spiro atoms. The van der Waals surface area contributed by atoms with Crippen LogP contribution in [-0.4, -0.2) is 54.0 Å². The molecule has 2 saturated heterocycles. The highest BCUT2D eigenvalue weighted by Gasteiger charge is 2.30. The van der Waals surface area contributed by atoms with Gasteiger partial charge in [0.1, 0.15) is 0 Å². The molecule has 2 atom stereocenters. The second-order valence-corrected chi connectivity index (χ2v) is 7.90. The number of nitrogens with zero attached hydrogens (tertiary/aromatic N) is 2. The number of nitrogens with one attached hydrogen (secondary N) is 1. The SMILES string of the molecule is O=C1CN(C[C@H]2CCCN2Cc2ccccc2)C[C@H](Cc2ccccc2)N1. The number of piperazine rings is 1. The summed E-state index contributed by atoms with van der Waals surface area (Å²) in [6.45, 7) is 4.63. The summed E-state index contributed by atoms with van der Waals surface area (Å²) in [5, 5.41) is 3.18. The normalized spacial score (nSPS) is 24.1. The molecule has 27 heavy (non-hydrogen) atoms. The fraction of sp³-hybridized carbons (Fsp3) is 0.435. The number of amides is 1. The molecule has 2 aromatic rings. The first kappa shape index (κ1) is 18.2. The monoisotopic (exact) mass is 363 g/mol. The van der Waals surface area contributed by atoms with Gasteiger partial charge in [0.15, 0.2) is 0 Å². The Hall–Kier alpha value is -2.17. The maximum atomic E-state index is 12.3. The third kappa shape index (κ3) is 4.96. The second-order valence-electron chi connectivity index (χ2n) is 7.90. The Labute approximate surface area is 162 Å². The van der Waals surface area contributed by atoms with Gasteiger partial charge in [-0.25, -0.2) is 0 Å². The number of carbonyl (C=O) groups is 1. The molecule has 0 aromatic heterocycles.